The van der Waals surface area contributed by atoms with Crippen LogP contribution in [0.25, 0.3) is 38.6 Å². The fourth-order valence-corrected chi connectivity index (χ4v) is 6.17. The summed E-state index contributed by atoms with van der Waals surface area (Å²) >= 11 is 0. The van der Waals surface area contributed by atoms with Crippen LogP contribution in [0.3, 0.4) is 0 Å². The van der Waals surface area contributed by atoms with Gasteiger partial charge in [0.2, 0.25) is 5.70 Å². The van der Waals surface area contributed by atoms with Crippen LogP contribution in [0.4, 0.5) is 0 Å². The summed E-state index contributed by atoms with van der Waals surface area (Å²) in [7, 11) is 0. The standard InChI is InChI=1S/C29H26N4O2/c1-16-9-12-24(35-16)25-20-10-11-21-17(2)26(34)23(30-4)15-29(21,3)27(20)33-28(32-25)19-13-14-31-22-8-6-5-7-18(19)22/h5-9,12-14,17,21,34H,10-11,15H2,1-3H3/t17-,21-,29-/m1/s1. The molecular formula is C29H26N4O2. The highest BCUT2D eigenvalue weighted by molar-refractivity contribution is 5.92. The van der Waals surface area contributed by atoms with Gasteiger partial charge < -0.3 is 9.52 Å². The third-order valence-electron chi connectivity index (χ3n) is 7.94. The van der Waals surface area contributed by atoms with Crippen molar-refractivity contribution < 1.29 is 9.52 Å². The first-order valence-electron chi connectivity index (χ1n) is 12.0. The smallest absolute Gasteiger partial charge is 0.203 e. The number of para-hydroxylation sites is 1. The number of fused-ring (bicyclic) bond motifs is 4. The number of aliphatic hydroxyl groups excluding tert-OH is 1. The minimum Gasteiger partial charge on any atom is -0.523 e. The minimum absolute atomic E-state index is 0.0968. The maximum absolute atomic E-state index is 10.7. The Kier molecular flexibility index (Phi) is 4.79. The van der Waals surface area contributed by atoms with Crippen molar-refractivity contribution in [2.45, 2.75) is 45.4 Å². The van der Waals surface area contributed by atoms with E-state index in [1.54, 1.807) is 6.20 Å². The van der Waals surface area contributed by atoms with E-state index in [0.717, 1.165) is 57.8 Å². The predicted octanol–water partition coefficient (Wildman–Crippen LogP) is 6.81. The van der Waals surface area contributed by atoms with Crippen molar-refractivity contribution in [3.05, 3.63) is 88.6 Å². The number of nitrogens with zero attached hydrogens (tertiary/aromatic N) is 4. The molecule has 0 unspecified atom stereocenters. The van der Waals surface area contributed by atoms with Gasteiger partial charge in [-0.25, -0.2) is 14.8 Å². The Morgan fingerprint density at radius 1 is 1.14 bits per heavy atom. The lowest BCUT2D eigenvalue weighted by atomic mass is 9.57. The SMILES string of the molecule is [C-]#[N+]C1=C(O)[C@H](C)[C@H]2CCc3c(-c4ccc(C)o4)nc(-c4ccnc5ccccc45)nc3[C@]2(C)C1. The Morgan fingerprint density at radius 2 is 1.97 bits per heavy atom. The van der Waals surface area contributed by atoms with Crippen LogP contribution in [0.5, 0.6) is 0 Å². The van der Waals surface area contributed by atoms with E-state index in [9.17, 15) is 5.11 Å². The Bertz CT molecular complexity index is 1560. The fourth-order valence-electron chi connectivity index (χ4n) is 6.17. The maximum atomic E-state index is 10.7. The highest BCUT2D eigenvalue weighted by atomic mass is 16.3. The van der Waals surface area contributed by atoms with Gasteiger partial charge in [0.15, 0.2) is 11.6 Å². The molecule has 0 saturated carbocycles. The first kappa shape index (κ1) is 21.5. The van der Waals surface area contributed by atoms with Crippen LogP contribution in [0.1, 0.15) is 43.7 Å². The van der Waals surface area contributed by atoms with Crippen LogP contribution in [-0.2, 0) is 11.8 Å². The van der Waals surface area contributed by atoms with Crippen LogP contribution < -0.4 is 0 Å². The van der Waals surface area contributed by atoms with Crippen LogP contribution in [0, 0.1) is 25.3 Å². The van der Waals surface area contributed by atoms with Crippen LogP contribution in [0.15, 0.2) is 64.5 Å². The second kappa shape index (κ2) is 7.78. The van der Waals surface area contributed by atoms with Gasteiger partial charge in [-0.15, -0.1) is 0 Å². The van der Waals surface area contributed by atoms with Crippen LogP contribution in [0.2, 0.25) is 0 Å². The summed E-state index contributed by atoms with van der Waals surface area (Å²) < 4.78 is 6.06. The van der Waals surface area contributed by atoms with Gasteiger partial charge in [-0.05, 0) is 56.4 Å². The highest BCUT2D eigenvalue weighted by Gasteiger charge is 2.50. The van der Waals surface area contributed by atoms with Crippen molar-refractivity contribution in [2.75, 3.05) is 0 Å². The summed E-state index contributed by atoms with van der Waals surface area (Å²) in [6.45, 7) is 13.9. The molecule has 6 heteroatoms. The normalized spacial score (nSPS) is 23.6. The van der Waals surface area contributed by atoms with Crippen molar-refractivity contribution in [1.82, 2.24) is 15.0 Å². The van der Waals surface area contributed by atoms with E-state index in [-0.39, 0.29) is 17.6 Å². The molecule has 2 aliphatic carbocycles. The van der Waals surface area contributed by atoms with Crippen molar-refractivity contribution in [2.24, 2.45) is 11.8 Å². The molecule has 4 aromatic rings. The Morgan fingerprint density at radius 3 is 2.74 bits per heavy atom. The second-order valence-electron chi connectivity index (χ2n) is 9.98. The summed E-state index contributed by atoms with van der Waals surface area (Å²) in [5, 5.41) is 11.7. The Labute approximate surface area is 204 Å². The molecule has 0 radical (unpaired) electrons. The Hall–Kier alpha value is -3.98. The van der Waals surface area contributed by atoms with Crippen molar-refractivity contribution in [1.29, 1.82) is 0 Å². The average Bonchev–Trinajstić information content (AvgIpc) is 3.31. The zero-order valence-electron chi connectivity index (χ0n) is 20.0. The molecule has 3 heterocycles. The van der Waals surface area contributed by atoms with Crippen molar-refractivity contribution >= 4 is 10.9 Å². The molecular weight excluding hydrogens is 436 g/mol. The van der Waals surface area contributed by atoms with Gasteiger partial charge in [0, 0.05) is 34.0 Å². The summed E-state index contributed by atoms with van der Waals surface area (Å²) in [6, 6.07) is 13.9. The number of benzene rings is 1. The molecule has 0 spiro atoms. The minimum atomic E-state index is -0.393. The fraction of sp³-hybridized carbons (Fsp3) is 0.310. The van der Waals surface area contributed by atoms with E-state index in [1.807, 2.05) is 56.3 Å². The molecule has 0 fully saturated rings. The number of hydrogen-bond donors (Lipinski definition) is 1. The predicted molar refractivity (Wildman–Crippen MR) is 134 cm³/mol. The molecule has 6 rings (SSSR count). The van der Waals surface area contributed by atoms with Crippen LogP contribution >= 0.6 is 0 Å². The van der Waals surface area contributed by atoms with Crippen molar-refractivity contribution in [3.8, 4) is 22.8 Å². The molecule has 1 N–H and O–H groups in total. The van der Waals surface area contributed by atoms with Gasteiger partial charge in [-0.1, -0.05) is 32.0 Å². The van der Waals surface area contributed by atoms with Gasteiger partial charge >= 0.3 is 0 Å². The molecule has 0 bridgehead atoms. The number of aryl methyl sites for hydroxylation is 1. The zero-order chi connectivity index (χ0) is 24.3. The first-order valence-corrected chi connectivity index (χ1v) is 12.0. The van der Waals surface area contributed by atoms with Gasteiger partial charge in [-0.2, -0.15) is 0 Å². The zero-order valence-corrected chi connectivity index (χ0v) is 20.0. The van der Waals surface area contributed by atoms with Gasteiger partial charge in [0.05, 0.1) is 23.5 Å². The molecule has 1 aromatic carbocycles. The number of aromatic nitrogens is 3. The monoisotopic (exact) mass is 462 g/mol. The van der Waals surface area contributed by atoms with E-state index >= 15 is 0 Å². The summed E-state index contributed by atoms with van der Waals surface area (Å²) in [5.41, 5.74) is 4.71. The first-order chi connectivity index (χ1) is 16.9. The molecule has 3 atom stereocenters. The lowest BCUT2D eigenvalue weighted by Gasteiger charge is -2.48. The quantitative estimate of drug-likeness (QED) is 0.331. The number of pyridine rings is 1. The van der Waals surface area contributed by atoms with E-state index < -0.39 is 5.41 Å². The van der Waals surface area contributed by atoms with Crippen LogP contribution in [-0.4, -0.2) is 20.1 Å². The van der Waals surface area contributed by atoms with E-state index in [1.165, 1.54) is 0 Å². The van der Waals surface area contributed by atoms with Gasteiger partial charge in [0.25, 0.3) is 0 Å². The average molecular weight is 463 g/mol. The van der Waals surface area contributed by atoms with Gasteiger partial charge in [0.1, 0.15) is 11.5 Å². The summed E-state index contributed by atoms with van der Waals surface area (Å²) in [6.07, 6.45) is 3.96. The number of rotatable bonds is 2. The molecule has 174 valence electrons. The number of hydrogen-bond acceptors (Lipinski definition) is 5. The molecule has 3 aromatic heterocycles. The van der Waals surface area contributed by atoms with E-state index in [4.69, 9.17) is 21.0 Å². The number of furan rings is 1. The Balaban J connectivity index is 1.65. The lowest BCUT2D eigenvalue weighted by molar-refractivity contribution is 0.135. The third kappa shape index (κ3) is 3.19. The molecule has 0 amide bonds. The molecule has 0 saturated heterocycles. The molecule has 35 heavy (non-hydrogen) atoms. The van der Waals surface area contributed by atoms with E-state index in [2.05, 4.69) is 16.8 Å². The number of aliphatic hydroxyl groups is 1. The highest BCUT2D eigenvalue weighted by Crippen LogP contribution is 2.54. The summed E-state index contributed by atoms with van der Waals surface area (Å²) in [4.78, 5) is 18.5. The van der Waals surface area contributed by atoms with Gasteiger partial charge in [-0.3, -0.25) is 4.98 Å². The molecule has 0 aliphatic heterocycles. The molecule has 2 aliphatic rings. The second-order valence-corrected chi connectivity index (χ2v) is 9.98. The number of allylic oxidation sites excluding steroid dienone is 2. The topological polar surface area (TPSA) is 76.4 Å². The lowest BCUT2D eigenvalue weighted by Crippen LogP contribution is -2.45. The largest absolute Gasteiger partial charge is 0.523 e. The van der Waals surface area contributed by atoms with Crippen molar-refractivity contribution in [3.63, 3.8) is 0 Å². The third-order valence-corrected chi connectivity index (χ3v) is 7.94. The molecule has 6 nitrogen and oxygen atoms in total. The van der Waals surface area contributed by atoms with E-state index in [0.29, 0.717) is 17.9 Å². The maximum Gasteiger partial charge on any atom is 0.203 e. The summed E-state index contributed by atoms with van der Waals surface area (Å²) in [5.74, 6) is 2.52.